The molecule has 0 aliphatic rings. The Balaban J connectivity index is 1.99. The second-order valence-electron chi connectivity index (χ2n) is 6.03. The van der Waals surface area contributed by atoms with Gasteiger partial charge in [0, 0.05) is 27.7 Å². The summed E-state index contributed by atoms with van der Waals surface area (Å²) in [5.41, 5.74) is 6.60. The van der Waals surface area contributed by atoms with Crippen LogP contribution in [0.4, 0.5) is 5.69 Å². The van der Waals surface area contributed by atoms with Crippen LogP contribution in [-0.2, 0) is 9.59 Å². The van der Waals surface area contributed by atoms with Crippen molar-refractivity contribution in [3.8, 4) is 0 Å². The molecule has 0 saturated heterocycles. The minimum atomic E-state index is -0.629. The second-order valence-corrected chi connectivity index (χ2v) is 6.90. The minimum Gasteiger partial charge on any atom is -0.370 e. The number of amides is 2. The average Bonchev–Trinajstić information content (AvgIpc) is 2.64. The quantitative estimate of drug-likeness (QED) is 0.246. The first-order valence-corrected chi connectivity index (χ1v) is 9.22. The van der Waals surface area contributed by atoms with Crippen molar-refractivity contribution in [1.82, 2.24) is 10.6 Å². The van der Waals surface area contributed by atoms with E-state index in [1.165, 1.54) is 6.07 Å². The number of anilines is 1. The Bertz CT molecular complexity index is 916. The maximum absolute atomic E-state index is 12.3. The van der Waals surface area contributed by atoms with E-state index in [1.54, 1.807) is 36.4 Å². The Morgan fingerprint density at radius 1 is 1.14 bits per heavy atom. The van der Waals surface area contributed by atoms with Crippen molar-refractivity contribution in [2.24, 2.45) is 5.73 Å². The van der Waals surface area contributed by atoms with Crippen LogP contribution in [0, 0.1) is 5.41 Å². The average molecular weight is 436 g/mol. The summed E-state index contributed by atoms with van der Waals surface area (Å²) >= 11 is 12.0. The predicted octanol–water partition coefficient (Wildman–Crippen LogP) is 2.48. The summed E-state index contributed by atoms with van der Waals surface area (Å²) in [5, 5.41) is 15.7. The van der Waals surface area contributed by atoms with Gasteiger partial charge in [-0.25, -0.2) is 0 Å². The molecule has 2 aromatic carbocycles. The monoisotopic (exact) mass is 435 g/mol. The van der Waals surface area contributed by atoms with Gasteiger partial charge in [-0.3, -0.25) is 15.0 Å². The Labute approximate surface area is 177 Å². The largest absolute Gasteiger partial charge is 0.370 e. The minimum absolute atomic E-state index is 0.0229. The van der Waals surface area contributed by atoms with Crippen LogP contribution in [-0.4, -0.2) is 30.6 Å². The van der Waals surface area contributed by atoms with E-state index in [1.807, 2.05) is 0 Å². The van der Waals surface area contributed by atoms with Crippen molar-refractivity contribution >= 4 is 52.9 Å². The zero-order valence-corrected chi connectivity index (χ0v) is 16.7. The lowest BCUT2D eigenvalue weighted by atomic mass is 10.0. The van der Waals surface area contributed by atoms with Crippen LogP contribution >= 0.6 is 23.2 Å². The molecule has 0 spiro atoms. The van der Waals surface area contributed by atoms with Crippen LogP contribution in [0.5, 0.6) is 0 Å². The van der Waals surface area contributed by atoms with E-state index in [9.17, 15) is 14.4 Å². The molecular weight excluding hydrogens is 417 g/mol. The Morgan fingerprint density at radius 2 is 1.83 bits per heavy atom. The highest BCUT2D eigenvalue weighted by atomic mass is 35.5. The maximum Gasteiger partial charge on any atom is 0.251 e. The molecule has 0 aromatic heterocycles. The van der Waals surface area contributed by atoms with Crippen molar-refractivity contribution in [2.45, 2.75) is 12.5 Å². The maximum atomic E-state index is 12.3. The first-order valence-electron chi connectivity index (χ1n) is 8.46. The number of carbonyl (C=O) groups is 3. The number of carbonyl (C=O) groups excluding carboxylic acids is 3. The summed E-state index contributed by atoms with van der Waals surface area (Å²) in [6.07, 6.45) is 0.695. The summed E-state index contributed by atoms with van der Waals surface area (Å²) in [5.74, 6) is -1.23. The first-order chi connectivity index (χ1) is 13.8. The van der Waals surface area contributed by atoms with Gasteiger partial charge in [0.15, 0.2) is 5.96 Å². The van der Waals surface area contributed by atoms with Crippen molar-refractivity contribution in [2.75, 3.05) is 11.9 Å². The smallest absolute Gasteiger partial charge is 0.251 e. The number of rotatable bonds is 8. The number of guanidine groups is 1. The third kappa shape index (κ3) is 7.10. The molecule has 0 saturated carbocycles. The number of halogens is 2. The van der Waals surface area contributed by atoms with E-state index < -0.39 is 17.9 Å². The number of benzene rings is 2. The summed E-state index contributed by atoms with van der Waals surface area (Å²) < 4.78 is 0. The van der Waals surface area contributed by atoms with E-state index >= 15 is 0 Å². The van der Waals surface area contributed by atoms with Crippen LogP contribution in [0.2, 0.25) is 10.0 Å². The van der Waals surface area contributed by atoms with Gasteiger partial charge in [0.05, 0.1) is 12.6 Å². The van der Waals surface area contributed by atoms with E-state index in [0.29, 0.717) is 27.6 Å². The number of aldehydes is 1. The molecule has 0 heterocycles. The molecule has 152 valence electrons. The van der Waals surface area contributed by atoms with Gasteiger partial charge in [0.25, 0.3) is 5.91 Å². The van der Waals surface area contributed by atoms with Gasteiger partial charge >= 0.3 is 0 Å². The van der Waals surface area contributed by atoms with E-state index in [-0.39, 0.29) is 24.5 Å². The molecule has 0 bridgehead atoms. The number of nitrogens with one attached hydrogen (secondary N) is 4. The molecule has 1 atom stereocenters. The SMILES string of the molecule is N=C(N)Nc1cccc(C(=O)NCC(=O)NC(CC=O)c2cc(Cl)cc(Cl)c2)c1. The van der Waals surface area contributed by atoms with E-state index in [0.717, 1.165) is 0 Å². The van der Waals surface area contributed by atoms with E-state index in [2.05, 4.69) is 16.0 Å². The zero-order valence-electron chi connectivity index (χ0n) is 15.2. The highest BCUT2D eigenvalue weighted by Crippen LogP contribution is 2.25. The zero-order chi connectivity index (χ0) is 21.4. The standard InChI is InChI=1S/C19H19Cl2N5O3/c20-13-6-12(7-14(21)9-13)16(4-5-27)26-17(28)10-24-18(29)11-2-1-3-15(8-11)25-19(22)23/h1-3,5-9,16H,4,10H2,(H,24,29)(H,26,28)(H4,22,23,25). The Morgan fingerprint density at radius 3 is 2.45 bits per heavy atom. The van der Waals surface area contributed by atoms with Crippen LogP contribution < -0.4 is 21.7 Å². The normalized spacial score (nSPS) is 11.2. The fourth-order valence-corrected chi connectivity index (χ4v) is 3.10. The van der Waals surface area contributed by atoms with Crippen LogP contribution in [0.25, 0.3) is 0 Å². The fourth-order valence-electron chi connectivity index (χ4n) is 2.55. The lowest BCUT2D eigenvalue weighted by Gasteiger charge is -2.18. The van der Waals surface area contributed by atoms with Gasteiger partial charge in [-0.05, 0) is 42.0 Å². The highest BCUT2D eigenvalue weighted by molar-refractivity contribution is 6.34. The number of hydrogen-bond donors (Lipinski definition) is 5. The van der Waals surface area contributed by atoms with Gasteiger partial charge in [-0.1, -0.05) is 29.3 Å². The molecule has 6 N–H and O–H groups in total. The lowest BCUT2D eigenvalue weighted by Crippen LogP contribution is -2.38. The molecule has 2 aromatic rings. The molecule has 0 radical (unpaired) electrons. The van der Waals surface area contributed by atoms with Gasteiger partial charge in [-0.15, -0.1) is 0 Å². The van der Waals surface area contributed by atoms with E-state index in [4.69, 9.17) is 34.3 Å². The van der Waals surface area contributed by atoms with Gasteiger partial charge in [0.1, 0.15) is 6.29 Å². The van der Waals surface area contributed by atoms with Gasteiger partial charge in [0.2, 0.25) is 5.91 Å². The Hall–Kier alpha value is -3.10. The van der Waals surface area contributed by atoms with Gasteiger partial charge in [-0.2, -0.15) is 0 Å². The molecule has 0 fully saturated rings. The third-order valence-electron chi connectivity index (χ3n) is 3.77. The molecule has 2 amide bonds. The molecule has 8 nitrogen and oxygen atoms in total. The summed E-state index contributed by atoms with van der Waals surface area (Å²) in [7, 11) is 0. The van der Waals surface area contributed by atoms with Crippen molar-refractivity contribution in [3.05, 3.63) is 63.6 Å². The van der Waals surface area contributed by atoms with Crippen molar-refractivity contribution in [1.29, 1.82) is 5.41 Å². The first kappa shape index (κ1) is 22.2. The summed E-state index contributed by atoms with van der Waals surface area (Å²) in [4.78, 5) is 35.5. The molecular formula is C19H19Cl2N5O3. The second kappa shape index (κ2) is 10.4. The van der Waals surface area contributed by atoms with Crippen LogP contribution in [0.15, 0.2) is 42.5 Å². The predicted molar refractivity (Wildman–Crippen MR) is 112 cm³/mol. The molecule has 2 rings (SSSR count). The lowest BCUT2D eigenvalue weighted by molar-refractivity contribution is -0.121. The topological polar surface area (TPSA) is 137 Å². The number of hydrogen-bond acceptors (Lipinski definition) is 4. The van der Waals surface area contributed by atoms with Crippen LogP contribution in [0.1, 0.15) is 28.4 Å². The molecule has 0 aliphatic carbocycles. The third-order valence-corrected chi connectivity index (χ3v) is 4.20. The number of nitrogens with two attached hydrogens (primary N) is 1. The highest BCUT2D eigenvalue weighted by Gasteiger charge is 2.16. The molecule has 29 heavy (non-hydrogen) atoms. The molecule has 0 aliphatic heterocycles. The molecule has 1 unspecified atom stereocenters. The molecule has 10 heteroatoms. The Kier molecular flexibility index (Phi) is 7.99. The van der Waals surface area contributed by atoms with Crippen molar-refractivity contribution in [3.63, 3.8) is 0 Å². The van der Waals surface area contributed by atoms with Crippen LogP contribution in [0.3, 0.4) is 0 Å². The summed E-state index contributed by atoms with van der Waals surface area (Å²) in [6.45, 7) is -0.299. The van der Waals surface area contributed by atoms with Crippen molar-refractivity contribution < 1.29 is 14.4 Å². The van der Waals surface area contributed by atoms with Gasteiger partial charge < -0.3 is 26.5 Å². The summed E-state index contributed by atoms with van der Waals surface area (Å²) in [6, 6.07) is 10.4. The fraction of sp³-hybridized carbons (Fsp3) is 0.158.